The third-order valence-corrected chi connectivity index (χ3v) is 9.72. The van der Waals surface area contributed by atoms with E-state index in [0.29, 0.717) is 12.0 Å². The van der Waals surface area contributed by atoms with Gasteiger partial charge < -0.3 is 14.5 Å². The zero-order chi connectivity index (χ0) is 30.8. The van der Waals surface area contributed by atoms with Crippen molar-refractivity contribution in [3.63, 3.8) is 0 Å². The highest BCUT2D eigenvalue weighted by Crippen LogP contribution is 2.60. The lowest BCUT2D eigenvalue weighted by Crippen LogP contribution is -2.33. The van der Waals surface area contributed by atoms with E-state index in [0.717, 1.165) is 23.8 Å². The normalized spacial score (nSPS) is 19.6. The van der Waals surface area contributed by atoms with Gasteiger partial charge in [0.1, 0.15) is 6.10 Å². The van der Waals surface area contributed by atoms with E-state index < -0.39 is 45.8 Å². The number of aromatic nitrogens is 2. The SMILES string of the molecule is CCCCCCCCCCCCCCCCCCOP(=O)(O)OP(=O)(O)OC[C@@H]1C=C[C@H](n2cc(C)c(=O)[nH]c2=O)O1. The quantitative estimate of drug-likeness (QED) is 0.0623. The first kappa shape index (κ1) is 36.8. The van der Waals surface area contributed by atoms with Crippen LogP contribution < -0.4 is 11.2 Å². The van der Waals surface area contributed by atoms with Crippen molar-refractivity contribution in [2.24, 2.45) is 0 Å². The van der Waals surface area contributed by atoms with Crippen LogP contribution in [0.2, 0.25) is 0 Å². The summed E-state index contributed by atoms with van der Waals surface area (Å²) in [5, 5.41) is 0. The number of aryl methyl sites for hydroxylation is 1. The maximum atomic E-state index is 12.2. The molecule has 0 aliphatic carbocycles. The lowest BCUT2D eigenvalue weighted by Gasteiger charge is -2.19. The predicted octanol–water partition coefficient (Wildman–Crippen LogP) is 6.81. The fourth-order valence-electron chi connectivity index (χ4n) is 4.69. The molecule has 0 aromatic carbocycles. The molecule has 0 radical (unpaired) electrons. The van der Waals surface area contributed by atoms with Gasteiger partial charge in [0.15, 0.2) is 6.23 Å². The molecule has 42 heavy (non-hydrogen) atoms. The Morgan fingerprint density at radius 1 is 0.810 bits per heavy atom. The Hall–Kier alpha value is -1.36. The molecule has 1 aliphatic heterocycles. The van der Waals surface area contributed by atoms with Gasteiger partial charge in [-0.3, -0.25) is 23.4 Å². The second-order valence-corrected chi connectivity index (χ2v) is 13.9. The van der Waals surface area contributed by atoms with Crippen LogP contribution in [0.5, 0.6) is 0 Å². The molecule has 2 heterocycles. The van der Waals surface area contributed by atoms with Crippen molar-refractivity contribution in [1.82, 2.24) is 9.55 Å². The lowest BCUT2D eigenvalue weighted by atomic mass is 10.0. The smallest absolute Gasteiger partial charge is 0.344 e. The minimum Gasteiger partial charge on any atom is -0.344 e. The van der Waals surface area contributed by atoms with Crippen LogP contribution in [0.1, 0.15) is 121 Å². The molecule has 12 nitrogen and oxygen atoms in total. The van der Waals surface area contributed by atoms with Gasteiger partial charge in [-0.2, -0.15) is 4.31 Å². The number of rotatable bonds is 24. The summed E-state index contributed by atoms with van der Waals surface area (Å²) in [4.78, 5) is 45.4. The third kappa shape index (κ3) is 15.4. The molecule has 0 saturated carbocycles. The van der Waals surface area contributed by atoms with Crippen molar-refractivity contribution in [1.29, 1.82) is 0 Å². The molecule has 14 heteroatoms. The molecule has 3 N–H and O–H groups in total. The summed E-state index contributed by atoms with van der Waals surface area (Å²) < 4.78 is 45.0. The number of aromatic amines is 1. The van der Waals surface area contributed by atoms with E-state index in [4.69, 9.17) is 13.8 Å². The molecule has 2 rings (SSSR count). The molecule has 1 aliphatic rings. The number of H-pyrrole nitrogens is 1. The molecule has 2 unspecified atom stereocenters. The van der Waals surface area contributed by atoms with Crippen molar-refractivity contribution in [3.8, 4) is 0 Å². The first-order valence-corrected chi connectivity index (χ1v) is 18.3. The van der Waals surface area contributed by atoms with E-state index in [1.807, 2.05) is 0 Å². The second-order valence-electron chi connectivity index (χ2n) is 10.9. The summed E-state index contributed by atoms with van der Waals surface area (Å²) >= 11 is 0. The number of hydrogen-bond donors (Lipinski definition) is 3. The highest BCUT2D eigenvalue weighted by Gasteiger charge is 2.36. The Morgan fingerprint density at radius 2 is 1.31 bits per heavy atom. The van der Waals surface area contributed by atoms with Crippen LogP contribution in [0.3, 0.4) is 0 Å². The van der Waals surface area contributed by atoms with E-state index in [2.05, 4.69) is 16.2 Å². The summed E-state index contributed by atoms with van der Waals surface area (Å²) in [7, 11) is -9.76. The van der Waals surface area contributed by atoms with Crippen molar-refractivity contribution in [2.45, 2.75) is 129 Å². The number of unbranched alkanes of at least 4 members (excludes halogenated alkanes) is 15. The van der Waals surface area contributed by atoms with Gasteiger partial charge >= 0.3 is 21.3 Å². The van der Waals surface area contributed by atoms with Crippen LogP contribution in [0.4, 0.5) is 0 Å². The van der Waals surface area contributed by atoms with E-state index in [-0.39, 0.29) is 6.61 Å². The van der Waals surface area contributed by atoms with Crippen LogP contribution in [-0.2, 0) is 27.2 Å². The van der Waals surface area contributed by atoms with Gasteiger partial charge in [0.05, 0.1) is 13.2 Å². The standard InChI is InChI=1S/C28H50N2O10P2/c1-3-4-5-6-7-8-9-10-11-12-13-14-15-16-17-18-21-37-41(33,34)40-42(35,36)38-23-25-19-20-26(39-25)30-22-24(2)27(31)29-28(30)32/h19-20,22,25-26H,3-18,21,23H2,1-2H3,(H,33,34)(H,35,36)(H,29,31,32)/t25-,26+/m0/s1. The monoisotopic (exact) mass is 636 g/mol. The fraction of sp³-hybridized carbons (Fsp3) is 0.786. The lowest BCUT2D eigenvalue weighted by molar-refractivity contribution is -0.0107. The van der Waals surface area contributed by atoms with Crippen molar-refractivity contribution in [3.05, 3.63) is 44.8 Å². The molecule has 4 atom stereocenters. The van der Waals surface area contributed by atoms with Crippen molar-refractivity contribution < 1.29 is 37.0 Å². The highest BCUT2D eigenvalue weighted by atomic mass is 31.3. The van der Waals surface area contributed by atoms with E-state index >= 15 is 0 Å². The predicted molar refractivity (Wildman–Crippen MR) is 161 cm³/mol. The van der Waals surface area contributed by atoms with Gasteiger partial charge in [-0.25, -0.2) is 13.9 Å². The Balaban J connectivity index is 1.50. The van der Waals surface area contributed by atoms with Crippen molar-refractivity contribution >= 4 is 15.6 Å². The Labute approximate surface area is 249 Å². The third-order valence-electron chi connectivity index (χ3n) is 7.09. The van der Waals surface area contributed by atoms with Crippen LogP contribution in [-0.4, -0.2) is 38.7 Å². The van der Waals surface area contributed by atoms with Crippen LogP contribution in [0, 0.1) is 6.92 Å². The molecule has 1 aromatic rings. The van der Waals surface area contributed by atoms with E-state index in [1.54, 1.807) is 0 Å². The fourth-order valence-corrected chi connectivity index (χ4v) is 6.81. The van der Waals surface area contributed by atoms with Gasteiger partial charge in [0, 0.05) is 11.8 Å². The van der Waals surface area contributed by atoms with Crippen LogP contribution in [0.15, 0.2) is 27.9 Å². The Morgan fingerprint density at radius 3 is 1.86 bits per heavy atom. The largest absolute Gasteiger partial charge is 0.481 e. The minimum atomic E-state index is -4.94. The maximum absolute atomic E-state index is 12.2. The van der Waals surface area contributed by atoms with Crippen LogP contribution >= 0.6 is 15.6 Å². The molecule has 0 saturated heterocycles. The van der Waals surface area contributed by atoms with Gasteiger partial charge in [-0.05, 0) is 19.4 Å². The van der Waals surface area contributed by atoms with Gasteiger partial charge in [-0.1, -0.05) is 109 Å². The molecule has 242 valence electrons. The maximum Gasteiger partial charge on any atom is 0.481 e. The topological polar surface area (TPSA) is 166 Å². The molecule has 0 amide bonds. The summed E-state index contributed by atoms with van der Waals surface area (Å²) in [6.45, 7) is 3.20. The van der Waals surface area contributed by atoms with Crippen LogP contribution in [0.25, 0.3) is 0 Å². The molecular weight excluding hydrogens is 586 g/mol. The number of phosphoric ester groups is 2. The molecule has 0 fully saturated rings. The molecular formula is C28H50N2O10P2. The number of nitrogens with one attached hydrogen (secondary N) is 1. The van der Waals surface area contributed by atoms with Crippen molar-refractivity contribution in [2.75, 3.05) is 13.2 Å². The molecule has 0 spiro atoms. The van der Waals surface area contributed by atoms with Gasteiger partial charge in [0.25, 0.3) is 5.56 Å². The zero-order valence-electron chi connectivity index (χ0n) is 25.1. The molecule has 0 bridgehead atoms. The highest BCUT2D eigenvalue weighted by molar-refractivity contribution is 7.61. The summed E-state index contributed by atoms with van der Waals surface area (Å²) in [6, 6.07) is 0. The average Bonchev–Trinajstić information content (AvgIpc) is 3.40. The zero-order valence-corrected chi connectivity index (χ0v) is 26.9. The van der Waals surface area contributed by atoms with Gasteiger partial charge in [0.2, 0.25) is 0 Å². The van der Waals surface area contributed by atoms with E-state index in [9.17, 15) is 28.5 Å². The Kier molecular flexibility index (Phi) is 17.4. The molecule has 1 aromatic heterocycles. The summed E-state index contributed by atoms with van der Waals surface area (Å²) in [5.74, 6) is 0. The number of hydrogen-bond acceptors (Lipinski definition) is 8. The second kappa shape index (κ2) is 19.8. The van der Waals surface area contributed by atoms with Gasteiger partial charge in [-0.15, -0.1) is 0 Å². The summed E-state index contributed by atoms with van der Waals surface area (Å²) in [6.07, 6.45) is 21.8. The number of nitrogens with zero attached hydrogens (tertiary/aromatic N) is 1. The summed E-state index contributed by atoms with van der Waals surface area (Å²) in [5.41, 5.74) is -0.888. The number of phosphoric acid groups is 2. The first-order chi connectivity index (χ1) is 20.0. The Bertz CT molecular complexity index is 1150. The minimum absolute atomic E-state index is 0.0876. The first-order valence-electron chi connectivity index (χ1n) is 15.3. The average molecular weight is 637 g/mol. The number of ether oxygens (including phenoxy) is 1. The van der Waals surface area contributed by atoms with E-state index in [1.165, 1.54) is 102 Å².